The van der Waals surface area contributed by atoms with E-state index in [1.54, 1.807) is 16.0 Å². The predicted molar refractivity (Wildman–Crippen MR) is 95.2 cm³/mol. The van der Waals surface area contributed by atoms with Crippen molar-refractivity contribution >= 4 is 17.2 Å². The van der Waals surface area contributed by atoms with Crippen molar-refractivity contribution in [3.63, 3.8) is 0 Å². The lowest BCUT2D eigenvalue weighted by Gasteiger charge is -2.25. The van der Waals surface area contributed by atoms with E-state index < -0.39 is 0 Å². The minimum absolute atomic E-state index is 0.0362. The van der Waals surface area contributed by atoms with Crippen LogP contribution in [0.2, 0.25) is 0 Å². The van der Waals surface area contributed by atoms with E-state index in [-0.39, 0.29) is 12.0 Å². The van der Waals surface area contributed by atoms with Crippen LogP contribution in [0, 0.1) is 0 Å². The van der Waals surface area contributed by atoms with E-state index in [9.17, 15) is 4.79 Å². The number of carbonyl (C=O) groups is 1. The Morgan fingerprint density at radius 3 is 3.08 bits per heavy atom. The van der Waals surface area contributed by atoms with Crippen LogP contribution in [0.4, 0.5) is 0 Å². The van der Waals surface area contributed by atoms with Crippen molar-refractivity contribution in [2.24, 2.45) is 7.05 Å². The Labute approximate surface area is 147 Å². The number of carbonyl (C=O) groups excluding carboxylic acids is 1. The second-order valence-electron chi connectivity index (χ2n) is 6.35. The zero-order chi connectivity index (χ0) is 16.9. The van der Waals surface area contributed by atoms with Crippen molar-refractivity contribution in [3.05, 3.63) is 39.8 Å². The molecular weight excluding hydrogens is 322 g/mol. The molecule has 6 heteroatoms. The van der Waals surface area contributed by atoms with Gasteiger partial charge < -0.3 is 9.64 Å². The molecule has 3 heterocycles. The zero-order valence-electron chi connectivity index (χ0n) is 14.4. The molecule has 0 saturated carbocycles. The molecule has 0 unspecified atom stereocenters. The highest BCUT2D eigenvalue weighted by atomic mass is 32.1. The molecular formula is C18H25N3O2S. The second kappa shape index (κ2) is 7.94. The summed E-state index contributed by atoms with van der Waals surface area (Å²) in [5.41, 5.74) is 2.81. The van der Waals surface area contributed by atoms with Crippen molar-refractivity contribution in [3.8, 4) is 0 Å². The molecule has 2 aromatic heterocycles. The van der Waals surface area contributed by atoms with Crippen molar-refractivity contribution in [1.82, 2.24) is 14.7 Å². The number of hydrogen-bond donors (Lipinski definition) is 0. The van der Waals surface area contributed by atoms with Gasteiger partial charge >= 0.3 is 0 Å². The van der Waals surface area contributed by atoms with Crippen molar-refractivity contribution in [1.29, 1.82) is 0 Å². The number of thiophene rings is 1. The molecule has 0 N–H and O–H groups in total. The molecule has 24 heavy (non-hydrogen) atoms. The summed E-state index contributed by atoms with van der Waals surface area (Å²) in [7, 11) is 1.85. The summed E-state index contributed by atoms with van der Waals surface area (Å²) in [5, 5.41) is 8.62. The molecule has 1 fully saturated rings. The summed E-state index contributed by atoms with van der Waals surface area (Å²) >= 11 is 1.66. The zero-order valence-corrected chi connectivity index (χ0v) is 15.2. The Kier molecular flexibility index (Phi) is 5.68. The second-order valence-corrected chi connectivity index (χ2v) is 7.13. The van der Waals surface area contributed by atoms with Crippen LogP contribution in [0.1, 0.15) is 47.9 Å². The van der Waals surface area contributed by atoms with Crippen LogP contribution in [0.15, 0.2) is 22.9 Å². The van der Waals surface area contributed by atoms with Crippen LogP contribution in [0.5, 0.6) is 0 Å². The van der Waals surface area contributed by atoms with Gasteiger partial charge in [0.05, 0.1) is 11.8 Å². The van der Waals surface area contributed by atoms with Crippen LogP contribution < -0.4 is 0 Å². The average molecular weight is 347 g/mol. The fourth-order valence-electron chi connectivity index (χ4n) is 3.12. The fraction of sp³-hybridized carbons (Fsp3) is 0.556. The first kappa shape index (κ1) is 17.2. The molecule has 130 valence electrons. The minimum atomic E-state index is 0.0362. The normalized spacial score (nSPS) is 17.3. The summed E-state index contributed by atoms with van der Waals surface area (Å²) in [6.45, 7) is 4.19. The van der Waals surface area contributed by atoms with Crippen molar-refractivity contribution in [2.75, 3.05) is 13.2 Å². The summed E-state index contributed by atoms with van der Waals surface area (Å²) in [5.74, 6) is 0.0362. The Morgan fingerprint density at radius 2 is 2.42 bits per heavy atom. The first-order chi connectivity index (χ1) is 11.7. The van der Waals surface area contributed by atoms with Crippen LogP contribution in [0.25, 0.3) is 0 Å². The van der Waals surface area contributed by atoms with Crippen LogP contribution in [-0.4, -0.2) is 39.8 Å². The highest BCUT2D eigenvalue weighted by Gasteiger charge is 2.25. The van der Waals surface area contributed by atoms with E-state index in [4.69, 9.17) is 4.74 Å². The maximum atomic E-state index is 13.1. The molecule has 3 rings (SSSR count). The molecule has 0 aromatic carbocycles. The van der Waals surface area contributed by atoms with Crippen LogP contribution in [-0.2, 0) is 24.8 Å². The molecule has 0 aliphatic carbocycles. The smallest absolute Gasteiger partial charge is 0.272 e. The van der Waals surface area contributed by atoms with Gasteiger partial charge in [-0.05, 0) is 47.7 Å². The molecule has 1 amide bonds. The topological polar surface area (TPSA) is 47.4 Å². The average Bonchev–Trinajstić information content (AvgIpc) is 3.29. The first-order valence-corrected chi connectivity index (χ1v) is 9.56. The van der Waals surface area contributed by atoms with Gasteiger partial charge in [-0.15, -0.1) is 0 Å². The third-order valence-electron chi connectivity index (χ3n) is 4.34. The van der Waals surface area contributed by atoms with Gasteiger partial charge in [-0.3, -0.25) is 9.48 Å². The molecule has 1 aliphatic rings. The Morgan fingerprint density at radius 1 is 1.54 bits per heavy atom. The Hall–Kier alpha value is -1.66. The molecule has 1 atom stereocenters. The molecule has 0 bridgehead atoms. The van der Waals surface area contributed by atoms with E-state index in [0.29, 0.717) is 18.8 Å². The van der Waals surface area contributed by atoms with Gasteiger partial charge in [0.1, 0.15) is 5.69 Å². The van der Waals surface area contributed by atoms with Gasteiger partial charge in [-0.1, -0.05) is 13.3 Å². The number of amides is 1. The summed E-state index contributed by atoms with van der Waals surface area (Å²) in [6.07, 6.45) is 4.18. The highest BCUT2D eigenvalue weighted by molar-refractivity contribution is 7.07. The maximum absolute atomic E-state index is 13.1. The van der Waals surface area contributed by atoms with Gasteiger partial charge in [0.15, 0.2) is 0 Å². The van der Waals surface area contributed by atoms with Gasteiger partial charge in [0, 0.05) is 26.7 Å². The third kappa shape index (κ3) is 4.05. The lowest BCUT2D eigenvalue weighted by Crippen LogP contribution is -2.37. The number of rotatable bonds is 7. The van der Waals surface area contributed by atoms with E-state index in [1.165, 1.54) is 5.56 Å². The summed E-state index contributed by atoms with van der Waals surface area (Å²) in [6, 6.07) is 4.01. The third-order valence-corrected chi connectivity index (χ3v) is 5.08. The number of aromatic nitrogens is 2. The van der Waals surface area contributed by atoms with E-state index in [1.807, 2.05) is 23.4 Å². The number of aryl methyl sites for hydroxylation is 2. The molecule has 1 aliphatic heterocycles. The van der Waals surface area contributed by atoms with Gasteiger partial charge in [-0.2, -0.15) is 16.4 Å². The summed E-state index contributed by atoms with van der Waals surface area (Å²) in [4.78, 5) is 15.0. The predicted octanol–water partition coefficient (Wildman–Crippen LogP) is 3.26. The largest absolute Gasteiger partial charge is 0.376 e. The number of hydrogen-bond acceptors (Lipinski definition) is 4. The quantitative estimate of drug-likeness (QED) is 0.772. The number of nitrogens with zero attached hydrogens (tertiary/aromatic N) is 3. The minimum Gasteiger partial charge on any atom is -0.376 e. The SMILES string of the molecule is CCCc1cc(C(=O)N(Cc2ccsc2)C[C@@H]2CCCO2)n(C)n1. The van der Waals surface area contributed by atoms with Gasteiger partial charge in [0.2, 0.25) is 0 Å². The monoisotopic (exact) mass is 347 g/mol. The first-order valence-electron chi connectivity index (χ1n) is 8.62. The summed E-state index contributed by atoms with van der Waals surface area (Å²) < 4.78 is 7.46. The van der Waals surface area contributed by atoms with Crippen LogP contribution in [0.3, 0.4) is 0 Å². The van der Waals surface area contributed by atoms with Gasteiger partial charge in [-0.25, -0.2) is 0 Å². The van der Waals surface area contributed by atoms with E-state index >= 15 is 0 Å². The standard InChI is InChI=1S/C18H25N3O2S/c1-3-5-15-10-17(20(2)19-15)18(22)21(11-14-7-9-24-13-14)12-16-6-4-8-23-16/h7,9-10,13,16H,3-6,8,11-12H2,1-2H3/t16-/m0/s1. The fourth-order valence-corrected chi connectivity index (χ4v) is 3.78. The van der Waals surface area contributed by atoms with Crippen LogP contribution >= 0.6 is 11.3 Å². The van der Waals surface area contributed by atoms with E-state index in [0.717, 1.165) is 38.0 Å². The molecule has 1 saturated heterocycles. The lowest BCUT2D eigenvalue weighted by molar-refractivity contribution is 0.0499. The Balaban J connectivity index is 1.78. The lowest BCUT2D eigenvalue weighted by atomic mass is 10.2. The number of ether oxygens (including phenoxy) is 1. The molecule has 5 nitrogen and oxygen atoms in total. The Bertz CT molecular complexity index is 660. The van der Waals surface area contributed by atoms with Gasteiger partial charge in [0.25, 0.3) is 5.91 Å². The van der Waals surface area contributed by atoms with Crippen molar-refractivity contribution in [2.45, 2.75) is 45.3 Å². The van der Waals surface area contributed by atoms with E-state index in [2.05, 4.69) is 23.5 Å². The maximum Gasteiger partial charge on any atom is 0.272 e. The molecule has 2 aromatic rings. The highest BCUT2D eigenvalue weighted by Crippen LogP contribution is 2.19. The van der Waals surface area contributed by atoms with Crippen molar-refractivity contribution < 1.29 is 9.53 Å². The molecule has 0 radical (unpaired) electrons. The molecule has 0 spiro atoms.